The molecule has 4 nitrogen and oxygen atoms in total. The fourth-order valence-electron chi connectivity index (χ4n) is 3.46. The van der Waals surface area contributed by atoms with Gasteiger partial charge in [-0.1, -0.05) is 5.92 Å². The Hall–Kier alpha value is -1.35. The summed E-state index contributed by atoms with van der Waals surface area (Å²) in [4.78, 5) is 18.5. The van der Waals surface area contributed by atoms with Crippen LogP contribution >= 0.6 is 11.3 Å². The van der Waals surface area contributed by atoms with E-state index in [2.05, 4.69) is 32.5 Å². The standard InChI is InChI=1S/C18H25N3OS/c1-2-8-20-9-3-15(4-10-20)18(22)19-7-12-21-11-5-17-16(14-21)6-13-23-17/h1,6,13,15H,3-5,7-12,14H2,(H,19,22). The van der Waals surface area contributed by atoms with Crippen molar-refractivity contribution < 1.29 is 4.79 Å². The number of terminal acetylenes is 1. The minimum atomic E-state index is 0.161. The molecular weight excluding hydrogens is 306 g/mol. The Balaban J connectivity index is 1.35. The molecule has 3 heterocycles. The van der Waals surface area contributed by atoms with Crippen molar-refractivity contribution in [3.05, 3.63) is 21.9 Å². The van der Waals surface area contributed by atoms with E-state index in [4.69, 9.17) is 6.42 Å². The topological polar surface area (TPSA) is 35.6 Å². The molecule has 1 amide bonds. The Labute approximate surface area is 142 Å². The largest absolute Gasteiger partial charge is 0.355 e. The third-order valence-electron chi connectivity index (χ3n) is 4.89. The molecule has 0 aromatic carbocycles. The summed E-state index contributed by atoms with van der Waals surface area (Å²) in [5.74, 6) is 3.06. The van der Waals surface area contributed by atoms with E-state index in [1.807, 2.05) is 11.3 Å². The second-order valence-electron chi connectivity index (χ2n) is 6.44. The molecule has 0 spiro atoms. The average Bonchev–Trinajstić information content (AvgIpc) is 3.03. The van der Waals surface area contributed by atoms with Crippen LogP contribution in [-0.2, 0) is 17.8 Å². The number of nitrogens with one attached hydrogen (secondary N) is 1. The van der Waals surface area contributed by atoms with Crippen LogP contribution in [0.5, 0.6) is 0 Å². The highest BCUT2D eigenvalue weighted by Crippen LogP contribution is 2.23. The number of nitrogens with zero attached hydrogens (tertiary/aromatic N) is 2. The van der Waals surface area contributed by atoms with Gasteiger partial charge in [-0.25, -0.2) is 0 Å². The van der Waals surface area contributed by atoms with E-state index in [1.54, 1.807) is 0 Å². The summed E-state index contributed by atoms with van der Waals surface area (Å²) in [6.07, 6.45) is 8.34. The molecule has 1 N–H and O–H groups in total. The molecule has 2 aliphatic heterocycles. The fraction of sp³-hybridized carbons (Fsp3) is 0.611. The number of thiophene rings is 1. The average molecular weight is 331 g/mol. The Morgan fingerprint density at radius 1 is 1.35 bits per heavy atom. The van der Waals surface area contributed by atoms with Gasteiger partial charge in [0, 0.05) is 37.0 Å². The van der Waals surface area contributed by atoms with Gasteiger partial charge in [0.2, 0.25) is 5.91 Å². The van der Waals surface area contributed by atoms with Crippen molar-refractivity contribution in [2.24, 2.45) is 5.92 Å². The van der Waals surface area contributed by atoms with Gasteiger partial charge in [-0.05, 0) is 49.4 Å². The lowest BCUT2D eigenvalue weighted by Gasteiger charge is -2.30. The van der Waals surface area contributed by atoms with E-state index in [0.717, 1.165) is 58.5 Å². The Morgan fingerprint density at radius 2 is 2.17 bits per heavy atom. The number of hydrogen-bond donors (Lipinski definition) is 1. The van der Waals surface area contributed by atoms with Crippen LogP contribution in [0, 0.1) is 18.3 Å². The Morgan fingerprint density at radius 3 is 2.96 bits per heavy atom. The van der Waals surface area contributed by atoms with Gasteiger partial charge in [0.05, 0.1) is 6.54 Å². The van der Waals surface area contributed by atoms with Crippen LogP contribution in [0.1, 0.15) is 23.3 Å². The Kier molecular flexibility index (Phi) is 5.71. The molecule has 0 radical (unpaired) electrons. The number of likely N-dealkylation sites (tertiary alicyclic amines) is 1. The lowest BCUT2D eigenvalue weighted by molar-refractivity contribution is -0.126. The number of amides is 1. The minimum absolute atomic E-state index is 0.161. The lowest BCUT2D eigenvalue weighted by atomic mass is 9.96. The molecule has 2 aliphatic rings. The molecule has 0 saturated carbocycles. The number of hydrogen-bond acceptors (Lipinski definition) is 4. The molecule has 1 aromatic rings. The maximum absolute atomic E-state index is 12.3. The number of fused-ring (bicyclic) bond motifs is 1. The van der Waals surface area contributed by atoms with E-state index in [-0.39, 0.29) is 11.8 Å². The van der Waals surface area contributed by atoms with Gasteiger partial charge in [0.25, 0.3) is 0 Å². The molecule has 3 rings (SSSR count). The van der Waals surface area contributed by atoms with Crippen molar-refractivity contribution in [3.63, 3.8) is 0 Å². The third-order valence-corrected chi connectivity index (χ3v) is 5.91. The van der Waals surface area contributed by atoms with E-state index in [1.165, 1.54) is 10.4 Å². The molecular formula is C18H25N3OS. The van der Waals surface area contributed by atoms with Crippen molar-refractivity contribution in [1.82, 2.24) is 15.1 Å². The summed E-state index contributed by atoms with van der Waals surface area (Å²) < 4.78 is 0. The quantitative estimate of drug-likeness (QED) is 0.832. The number of carbonyl (C=O) groups is 1. The maximum atomic E-state index is 12.3. The van der Waals surface area contributed by atoms with Gasteiger partial charge in [-0.15, -0.1) is 17.8 Å². The van der Waals surface area contributed by atoms with E-state index < -0.39 is 0 Å². The van der Waals surface area contributed by atoms with E-state index in [9.17, 15) is 4.79 Å². The first kappa shape index (κ1) is 16.5. The monoisotopic (exact) mass is 331 g/mol. The molecule has 1 saturated heterocycles. The van der Waals surface area contributed by atoms with Gasteiger partial charge in [-0.3, -0.25) is 14.6 Å². The zero-order chi connectivity index (χ0) is 16.1. The first-order valence-corrected chi connectivity index (χ1v) is 9.35. The van der Waals surface area contributed by atoms with Crippen molar-refractivity contribution in [3.8, 4) is 12.3 Å². The SMILES string of the molecule is C#CCN1CCC(C(=O)NCCN2CCc3sccc3C2)CC1. The normalized spacial score (nSPS) is 20.0. The van der Waals surface area contributed by atoms with Gasteiger partial charge < -0.3 is 5.32 Å². The van der Waals surface area contributed by atoms with Gasteiger partial charge in [0.1, 0.15) is 0 Å². The summed E-state index contributed by atoms with van der Waals surface area (Å²) in [6.45, 7) is 6.41. The first-order chi connectivity index (χ1) is 11.3. The predicted octanol–water partition coefficient (Wildman–Crippen LogP) is 1.57. The zero-order valence-corrected chi connectivity index (χ0v) is 14.4. The van der Waals surface area contributed by atoms with Crippen molar-refractivity contribution >= 4 is 17.2 Å². The highest BCUT2D eigenvalue weighted by atomic mass is 32.1. The third kappa shape index (κ3) is 4.35. The summed E-state index contributed by atoms with van der Waals surface area (Å²) in [6, 6.07) is 2.23. The van der Waals surface area contributed by atoms with Crippen LogP contribution in [0.4, 0.5) is 0 Å². The molecule has 1 aromatic heterocycles. The van der Waals surface area contributed by atoms with Crippen LogP contribution in [-0.4, -0.2) is 55.0 Å². The Bertz CT molecular complexity index is 569. The molecule has 0 bridgehead atoms. The molecule has 23 heavy (non-hydrogen) atoms. The number of rotatable bonds is 5. The molecule has 0 aliphatic carbocycles. The van der Waals surface area contributed by atoms with Gasteiger partial charge >= 0.3 is 0 Å². The smallest absolute Gasteiger partial charge is 0.223 e. The van der Waals surface area contributed by atoms with Gasteiger partial charge in [-0.2, -0.15) is 0 Å². The second kappa shape index (κ2) is 7.96. The second-order valence-corrected chi connectivity index (χ2v) is 7.44. The molecule has 124 valence electrons. The lowest BCUT2D eigenvalue weighted by Crippen LogP contribution is -2.43. The van der Waals surface area contributed by atoms with Crippen molar-refractivity contribution in [1.29, 1.82) is 0 Å². The van der Waals surface area contributed by atoms with Crippen LogP contribution < -0.4 is 5.32 Å². The highest BCUT2D eigenvalue weighted by molar-refractivity contribution is 7.10. The van der Waals surface area contributed by atoms with E-state index in [0.29, 0.717) is 6.54 Å². The van der Waals surface area contributed by atoms with Crippen LogP contribution in [0.25, 0.3) is 0 Å². The minimum Gasteiger partial charge on any atom is -0.355 e. The van der Waals surface area contributed by atoms with Crippen LogP contribution in [0.3, 0.4) is 0 Å². The fourth-order valence-corrected chi connectivity index (χ4v) is 4.35. The summed E-state index contributed by atoms with van der Waals surface area (Å²) >= 11 is 1.87. The number of carbonyl (C=O) groups excluding carboxylic acids is 1. The van der Waals surface area contributed by atoms with Gasteiger partial charge in [0.15, 0.2) is 0 Å². The summed E-state index contributed by atoms with van der Waals surface area (Å²) in [7, 11) is 0. The maximum Gasteiger partial charge on any atom is 0.223 e. The van der Waals surface area contributed by atoms with Crippen molar-refractivity contribution in [2.45, 2.75) is 25.8 Å². The molecule has 1 fully saturated rings. The highest BCUT2D eigenvalue weighted by Gasteiger charge is 2.24. The zero-order valence-electron chi connectivity index (χ0n) is 13.6. The molecule has 5 heteroatoms. The summed E-state index contributed by atoms with van der Waals surface area (Å²) in [5.41, 5.74) is 1.47. The number of piperidine rings is 1. The van der Waals surface area contributed by atoms with Crippen molar-refractivity contribution in [2.75, 3.05) is 39.3 Å². The van der Waals surface area contributed by atoms with E-state index >= 15 is 0 Å². The molecule has 0 unspecified atom stereocenters. The molecule has 0 atom stereocenters. The summed E-state index contributed by atoms with van der Waals surface area (Å²) in [5, 5.41) is 5.31. The van der Waals surface area contributed by atoms with Crippen LogP contribution in [0.2, 0.25) is 0 Å². The predicted molar refractivity (Wildman–Crippen MR) is 94.3 cm³/mol. The van der Waals surface area contributed by atoms with Crippen LogP contribution in [0.15, 0.2) is 11.4 Å². The first-order valence-electron chi connectivity index (χ1n) is 8.47.